The maximum Gasteiger partial charge on any atom is 0.269 e. The summed E-state index contributed by atoms with van der Waals surface area (Å²) in [5.74, 6) is 0.512. The molecule has 3 N–H and O–H groups in total. The van der Waals surface area contributed by atoms with E-state index >= 15 is 0 Å². The van der Waals surface area contributed by atoms with Crippen LogP contribution in [0.5, 0.6) is 11.5 Å². The van der Waals surface area contributed by atoms with Gasteiger partial charge in [-0.15, -0.1) is 0 Å². The number of fused-ring (bicyclic) bond motifs is 2. The minimum atomic E-state index is -1.65. The number of piperazine rings is 2. The fourth-order valence-corrected chi connectivity index (χ4v) is 8.86. The molecule has 2 aliphatic heterocycles. The van der Waals surface area contributed by atoms with Crippen molar-refractivity contribution in [3.05, 3.63) is 116 Å². The molecule has 2 aromatic heterocycles. The largest absolute Gasteiger partial charge is 0.474 e. The third-order valence-electron chi connectivity index (χ3n) is 11.6. The Morgan fingerprint density at radius 3 is 1.48 bits per heavy atom. The van der Waals surface area contributed by atoms with E-state index in [0.29, 0.717) is 28.0 Å². The van der Waals surface area contributed by atoms with Crippen LogP contribution in [0, 0.1) is 13.8 Å². The van der Waals surface area contributed by atoms with Gasteiger partial charge in [-0.2, -0.15) is 0 Å². The van der Waals surface area contributed by atoms with E-state index in [4.69, 9.17) is 65.8 Å². The lowest BCUT2D eigenvalue weighted by Gasteiger charge is -2.35. The van der Waals surface area contributed by atoms with Crippen molar-refractivity contribution in [3.63, 3.8) is 0 Å². The highest BCUT2D eigenvalue weighted by atomic mass is 35.5. The number of hydrogen-bond acceptors (Lipinski definition) is 11. The number of aliphatic hydroxyl groups is 1. The van der Waals surface area contributed by atoms with Gasteiger partial charge in [0.25, 0.3) is 11.8 Å². The van der Waals surface area contributed by atoms with Gasteiger partial charge in [-0.1, -0.05) is 46.4 Å². The monoisotopic (exact) mass is 944 g/mol. The van der Waals surface area contributed by atoms with Gasteiger partial charge in [0, 0.05) is 91.1 Å². The maximum atomic E-state index is 14.7. The number of nitrogens with zero attached hydrogens (tertiary/aromatic N) is 6. The lowest BCUT2D eigenvalue weighted by molar-refractivity contribution is -0.136. The van der Waals surface area contributed by atoms with Crippen molar-refractivity contribution >= 4 is 103 Å². The van der Waals surface area contributed by atoms with Crippen molar-refractivity contribution < 1.29 is 24.2 Å². The first kappa shape index (κ1) is 45.4. The predicted octanol–water partition coefficient (Wildman–Crippen LogP) is 8.35. The molecular formula is C47H48Cl4N8O5. The number of likely N-dealkylation sites (N-methyl/N-ethyl adjacent to an activating group) is 1. The molecule has 0 radical (unpaired) electrons. The number of aryl methyl sites for hydroxylation is 2. The molecule has 334 valence electrons. The predicted molar refractivity (Wildman–Crippen MR) is 257 cm³/mol. The van der Waals surface area contributed by atoms with Gasteiger partial charge >= 0.3 is 0 Å². The molecule has 8 rings (SSSR count). The van der Waals surface area contributed by atoms with Crippen LogP contribution in [0.15, 0.2) is 84.9 Å². The van der Waals surface area contributed by atoms with Gasteiger partial charge < -0.3 is 39.9 Å². The molecule has 64 heavy (non-hydrogen) atoms. The summed E-state index contributed by atoms with van der Waals surface area (Å²) in [7, 11) is 2.11. The van der Waals surface area contributed by atoms with E-state index in [0.717, 1.165) is 96.9 Å². The molecule has 0 bridgehead atoms. The highest BCUT2D eigenvalue weighted by molar-refractivity contribution is 6.36. The number of carbonyl (C=O) groups is 2. The van der Waals surface area contributed by atoms with Crippen LogP contribution in [-0.2, 0) is 9.59 Å². The SMILES string of the molecule is Cc1cc(N2CCN(C)CC2)nc2ccc(NC(=O)C(Oc3ccc(Cl)cc3Cl)C(Oc3ccc(Cl)cc3Cl)C(=O)Nc3ccc4nc(N5CCN(CCO)CC5)cc(C)c4c3)cc12. The van der Waals surface area contributed by atoms with E-state index in [1.54, 1.807) is 24.3 Å². The number of anilines is 4. The highest BCUT2D eigenvalue weighted by Crippen LogP contribution is 2.34. The number of pyridine rings is 2. The summed E-state index contributed by atoms with van der Waals surface area (Å²) >= 11 is 25.7. The lowest BCUT2D eigenvalue weighted by atomic mass is 10.1. The molecule has 13 nitrogen and oxygen atoms in total. The average Bonchev–Trinajstić information content (AvgIpc) is 3.27. The fraction of sp³-hybridized carbons (Fsp3) is 0.319. The molecule has 2 saturated heterocycles. The Kier molecular flexibility index (Phi) is 14.2. The number of amides is 2. The van der Waals surface area contributed by atoms with Crippen LogP contribution in [0.4, 0.5) is 23.0 Å². The molecule has 0 saturated carbocycles. The molecular weight excluding hydrogens is 898 g/mol. The molecule has 2 amide bonds. The zero-order valence-corrected chi connectivity index (χ0v) is 38.6. The van der Waals surface area contributed by atoms with E-state index < -0.39 is 24.0 Å². The zero-order valence-electron chi connectivity index (χ0n) is 35.6. The van der Waals surface area contributed by atoms with Gasteiger partial charge in [-0.25, -0.2) is 9.97 Å². The highest BCUT2D eigenvalue weighted by Gasteiger charge is 2.39. The Balaban J connectivity index is 1.11. The van der Waals surface area contributed by atoms with Crippen molar-refractivity contribution in [2.45, 2.75) is 26.1 Å². The topological polar surface area (TPSA) is 136 Å². The van der Waals surface area contributed by atoms with Gasteiger partial charge in [0.05, 0.1) is 27.7 Å². The second-order valence-electron chi connectivity index (χ2n) is 16.1. The molecule has 17 heteroatoms. The summed E-state index contributed by atoms with van der Waals surface area (Å²) in [6.45, 7) is 11.7. The van der Waals surface area contributed by atoms with E-state index in [1.807, 2.05) is 44.2 Å². The van der Waals surface area contributed by atoms with Crippen LogP contribution in [0.3, 0.4) is 0 Å². The Morgan fingerprint density at radius 2 is 1.06 bits per heavy atom. The first-order valence-electron chi connectivity index (χ1n) is 21.0. The number of nitrogens with one attached hydrogen (secondary N) is 2. The first-order valence-corrected chi connectivity index (χ1v) is 22.5. The third kappa shape index (κ3) is 10.5. The second-order valence-corrected chi connectivity index (χ2v) is 17.8. The van der Waals surface area contributed by atoms with Crippen LogP contribution < -0.4 is 29.9 Å². The minimum Gasteiger partial charge on any atom is -0.474 e. The zero-order chi connectivity index (χ0) is 45.1. The van der Waals surface area contributed by atoms with Crippen molar-refractivity contribution in [1.29, 1.82) is 0 Å². The molecule has 6 aromatic rings. The van der Waals surface area contributed by atoms with Gasteiger partial charge in [-0.3, -0.25) is 14.5 Å². The molecule has 4 heterocycles. The average molecular weight is 947 g/mol. The van der Waals surface area contributed by atoms with Crippen LogP contribution in [0.25, 0.3) is 21.8 Å². The second kappa shape index (κ2) is 20.0. The number of benzene rings is 4. The van der Waals surface area contributed by atoms with Gasteiger partial charge in [0.15, 0.2) is 0 Å². The van der Waals surface area contributed by atoms with Crippen molar-refractivity contribution in [2.75, 3.05) is 93.0 Å². The Hall–Kier alpha value is -5.12. The number of halogens is 4. The van der Waals surface area contributed by atoms with Crippen LogP contribution >= 0.6 is 46.4 Å². The molecule has 2 aliphatic rings. The van der Waals surface area contributed by atoms with Crippen molar-refractivity contribution in [1.82, 2.24) is 19.8 Å². The summed E-state index contributed by atoms with van der Waals surface area (Å²) in [5.41, 5.74) is 4.35. The minimum absolute atomic E-state index is 0.0849. The number of β-amino-alcohol motifs (C(OH)–C–C–N with tert-alkyl or cyclic N) is 1. The van der Waals surface area contributed by atoms with E-state index in [9.17, 15) is 14.7 Å². The van der Waals surface area contributed by atoms with Crippen LogP contribution in [0.2, 0.25) is 20.1 Å². The fourth-order valence-electron chi connectivity index (χ4n) is 7.96. The molecule has 0 spiro atoms. The van der Waals surface area contributed by atoms with Gasteiger partial charge in [0.2, 0.25) is 12.2 Å². The maximum absolute atomic E-state index is 14.7. The summed E-state index contributed by atoms with van der Waals surface area (Å²) in [6, 6.07) is 24.1. The van der Waals surface area contributed by atoms with Gasteiger partial charge in [0.1, 0.15) is 23.1 Å². The third-order valence-corrected chi connectivity index (χ3v) is 12.6. The first-order chi connectivity index (χ1) is 30.8. The molecule has 0 aliphatic carbocycles. The van der Waals surface area contributed by atoms with E-state index in [1.165, 1.54) is 24.3 Å². The summed E-state index contributed by atoms with van der Waals surface area (Å²) < 4.78 is 12.7. The van der Waals surface area contributed by atoms with Crippen LogP contribution in [-0.4, -0.2) is 121 Å². The van der Waals surface area contributed by atoms with E-state index in [2.05, 4.69) is 43.3 Å². The number of carbonyl (C=O) groups excluding carboxylic acids is 2. The Labute approximate surface area is 391 Å². The van der Waals surface area contributed by atoms with Crippen molar-refractivity contribution in [2.24, 2.45) is 0 Å². The smallest absolute Gasteiger partial charge is 0.269 e. The number of ether oxygens (including phenoxy) is 2. The molecule has 4 aromatic carbocycles. The van der Waals surface area contributed by atoms with E-state index in [-0.39, 0.29) is 28.2 Å². The van der Waals surface area contributed by atoms with Crippen molar-refractivity contribution in [3.8, 4) is 11.5 Å². The molecule has 2 unspecified atom stereocenters. The Bertz CT molecular complexity index is 2690. The number of rotatable bonds is 13. The molecule has 2 fully saturated rings. The number of aromatic nitrogens is 2. The normalized spacial score (nSPS) is 15.9. The number of hydrogen-bond donors (Lipinski definition) is 3. The summed E-state index contributed by atoms with van der Waals surface area (Å²) in [4.78, 5) is 48.3. The number of aliphatic hydroxyl groups excluding tert-OH is 1. The quantitative estimate of drug-likeness (QED) is 0.103. The summed E-state index contributed by atoms with van der Waals surface area (Å²) in [6.07, 6.45) is -3.30. The summed E-state index contributed by atoms with van der Waals surface area (Å²) in [5, 5.41) is 17.9. The Morgan fingerprint density at radius 1 is 0.625 bits per heavy atom. The molecule has 2 atom stereocenters. The lowest BCUT2D eigenvalue weighted by Crippen LogP contribution is -2.51. The standard InChI is InChI=1S/C47H48Cl4N8O5/c1-28-22-42(58-16-12-56(3)13-17-58)54-38-8-6-32(26-34(28)38)52-46(61)44(63-40-10-4-30(48)24-36(40)50)45(64-41-11-5-31(49)25-37(41)51)47(62)53-33-7-9-39-35(27-33)29(2)23-43(55-39)59-18-14-57(15-19-59)20-21-60/h4-11,22-27,44-45,60H,12-21H2,1-3H3,(H,52,61)(H,53,62). The van der Waals surface area contributed by atoms with Gasteiger partial charge in [-0.05, 0) is 117 Å². The van der Waals surface area contributed by atoms with Crippen LogP contribution in [0.1, 0.15) is 11.1 Å².